The second-order valence-corrected chi connectivity index (χ2v) is 4.50. The van der Waals surface area contributed by atoms with E-state index < -0.39 is 0 Å². The van der Waals surface area contributed by atoms with E-state index in [0.717, 1.165) is 12.8 Å². The molecule has 0 atom stereocenters. The highest BCUT2D eigenvalue weighted by Crippen LogP contribution is 2.12. The quantitative estimate of drug-likeness (QED) is 0.450. The number of methoxy groups -OCH3 is 1. The molecule has 20 heavy (non-hydrogen) atoms. The van der Waals surface area contributed by atoms with Crippen molar-refractivity contribution in [2.45, 2.75) is 33.1 Å². The zero-order valence-corrected chi connectivity index (χ0v) is 12.8. The summed E-state index contributed by atoms with van der Waals surface area (Å²) in [6.07, 6.45) is 1.74. The van der Waals surface area contributed by atoms with Gasteiger partial charge in [-0.1, -0.05) is 13.8 Å². The molecule has 0 aromatic heterocycles. The maximum atomic E-state index is 12.3. The van der Waals surface area contributed by atoms with Gasteiger partial charge in [-0.25, -0.2) is 0 Å². The van der Waals surface area contributed by atoms with Crippen LogP contribution in [0.25, 0.3) is 0 Å². The van der Waals surface area contributed by atoms with E-state index >= 15 is 0 Å². The molecule has 6 heteroatoms. The monoisotopic (exact) mass is 289 g/mol. The van der Waals surface area contributed by atoms with Crippen LogP contribution in [0.2, 0.25) is 0 Å². The SMILES string of the molecule is CCC(CC)C(=O)N(CCOCCO)CCC(=O)OC. The lowest BCUT2D eigenvalue weighted by Gasteiger charge is -2.26. The molecule has 0 unspecified atom stereocenters. The molecule has 0 aromatic rings. The highest BCUT2D eigenvalue weighted by Gasteiger charge is 2.21. The summed E-state index contributed by atoms with van der Waals surface area (Å²) in [5.74, 6) is -0.305. The highest BCUT2D eigenvalue weighted by atomic mass is 16.5. The van der Waals surface area contributed by atoms with Crippen LogP contribution in [0.1, 0.15) is 33.1 Å². The molecule has 0 saturated carbocycles. The van der Waals surface area contributed by atoms with Gasteiger partial charge in [0.2, 0.25) is 5.91 Å². The molecule has 0 aromatic carbocycles. The van der Waals surface area contributed by atoms with Gasteiger partial charge in [-0.05, 0) is 12.8 Å². The summed E-state index contributed by atoms with van der Waals surface area (Å²) in [6, 6.07) is 0. The van der Waals surface area contributed by atoms with Gasteiger partial charge >= 0.3 is 5.97 Å². The fraction of sp³-hybridized carbons (Fsp3) is 0.857. The van der Waals surface area contributed by atoms with Gasteiger partial charge in [-0.2, -0.15) is 0 Å². The minimum Gasteiger partial charge on any atom is -0.469 e. The molecule has 0 aliphatic heterocycles. The Kier molecular flexibility index (Phi) is 11.0. The number of hydrogen-bond acceptors (Lipinski definition) is 5. The van der Waals surface area contributed by atoms with Gasteiger partial charge in [0.05, 0.1) is 33.4 Å². The highest BCUT2D eigenvalue weighted by molar-refractivity contribution is 5.79. The lowest BCUT2D eigenvalue weighted by Crippen LogP contribution is -2.39. The Balaban J connectivity index is 4.43. The van der Waals surface area contributed by atoms with E-state index in [4.69, 9.17) is 9.84 Å². The Labute approximate surface area is 121 Å². The molecule has 0 radical (unpaired) electrons. The summed E-state index contributed by atoms with van der Waals surface area (Å²) in [6.45, 7) is 5.29. The second kappa shape index (κ2) is 11.7. The number of aliphatic hydroxyl groups excluding tert-OH is 1. The molecule has 6 nitrogen and oxygen atoms in total. The Morgan fingerprint density at radius 1 is 1.15 bits per heavy atom. The molecule has 1 N–H and O–H groups in total. The van der Waals surface area contributed by atoms with Gasteiger partial charge in [0, 0.05) is 19.0 Å². The molecule has 0 bridgehead atoms. The van der Waals surface area contributed by atoms with Gasteiger partial charge in [0.25, 0.3) is 0 Å². The maximum absolute atomic E-state index is 12.3. The summed E-state index contributed by atoms with van der Waals surface area (Å²) in [5, 5.41) is 8.65. The molecular weight excluding hydrogens is 262 g/mol. The van der Waals surface area contributed by atoms with Crippen LogP contribution < -0.4 is 0 Å². The third kappa shape index (κ3) is 7.45. The van der Waals surface area contributed by atoms with Crippen LogP contribution in [0.15, 0.2) is 0 Å². The Morgan fingerprint density at radius 2 is 1.80 bits per heavy atom. The van der Waals surface area contributed by atoms with Gasteiger partial charge in [0.1, 0.15) is 0 Å². The number of esters is 1. The first-order valence-electron chi connectivity index (χ1n) is 7.14. The summed E-state index contributed by atoms with van der Waals surface area (Å²) >= 11 is 0. The van der Waals surface area contributed by atoms with E-state index in [1.54, 1.807) is 4.90 Å². The molecule has 0 heterocycles. The Hall–Kier alpha value is -1.14. The van der Waals surface area contributed by atoms with Crippen LogP contribution in [0.5, 0.6) is 0 Å². The van der Waals surface area contributed by atoms with Crippen molar-refractivity contribution in [3.8, 4) is 0 Å². The first-order chi connectivity index (χ1) is 9.60. The second-order valence-electron chi connectivity index (χ2n) is 4.50. The fourth-order valence-electron chi connectivity index (χ4n) is 1.90. The van der Waals surface area contributed by atoms with E-state index in [2.05, 4.69) is 4.74 Å². The summed E-state index contributed by atoms with van der Waals surface area (Å²) in [5.41, 5.74) is 0. The number of carbonyl (C=O) groups excluding carboxylic acids is 2. The normalized spacial score (nSPS) is 10.7. The minimum absolute atomic E-state index is 0.0227. The molecule has 0 aliphatic rings. The first-order valence-corrected chi connectivity index (χ1v) is 7.14. The number of amides is 1. The lowest BCUT2D eigenvalue weighted by molar-refractivity contribution is -0.142. The van der Waals surface area contributed by atoms with Crippen molar-refractivity contribution in [2.75, 3.05) is 40.0 Å². The average molecular weight is 289 g/mol. The Bertz CT molecular complexity index is 279. The number of ether oxygens (including phenoxy) is 2. The van der Waals surface area contributed by atoms with Crippen LogP contribution in [0.4, 0.5) is 0 Å². The largest absolute Gasteiger partial charge is 0.469 e. The van der Waals surface area contributed by atoms with Crippen molar-refractivity contribution in [2.24, 2.45) is 5.92 Å². The average Bonchev–Trinajstić information content (AvgIpc) is 2.47. The van der Waals surface area contributed by atoms with Crippen molar-refractivity contribution in [3.63, 3.8) is 0 Å². The van der Waals surface area contributed by atoms with E-state index in [9.17, 15) is 9.59 Å². The first kappa shape index (κ1) is 18.9. The summed E-state index contributed by atoms with van der Waals surface area (Å²) in [4.78, 5) is 25.2. The van der Waals surface area contributed by atoms with Crippen molar-refractivity contribution < 1.29 is 24.2 Å². The predicted octanol–water partition coefficient (Wildman–Crippen LogP) is 0.823. The number of rotatable bonds is 11. The molecular formula is C14H27NO5. The van der Waals surface area contributed by atoms with Crippen molar-refractivity contribution in [1.82, 2.24) is 4.90 Å². The van der Waals surface area contributed by atoms with Crippen LogP contribution in [-0.4, -0.2) is 61.9 Å². The zero-order valence-electron chi connectivity index (χ0n) is 12.8. The van der Waals surface area contributed by atoms with Crippen LogP contribution >= 0.6 is 0 Å². The standard InChI is InChI=1S/C14H27NO5/c1-4-12(5-2)14(18)15(7-6-13(17)19-3)8-10-20-11-9-16/h12,16H,4-11H2,1-3H3. The molecule has 0 rings (SSSR count). The molecule has 0 saturated heterocycles. The molecule has 0 aliphatic carbocycles. The van der Waals surface area contributed by atoms with Gasteiger partial charge in [0.15, 0.2) is 0 Å². The van der Waals surface area contributed by atoms with E-state index in [0.29, 0.717) is 19.7 Å². The van der Waals surface area contributed by atoms with E-state index in [1.165, 1.54) is 7.11 Å². The van der Waals surface area contributed by atoms with Gasteiger partial charge < -0.3 is 19.5 Å². The Morgan fingerprint density at radius 3 is 2.30 bits per heavy atom. The van der Waals surface area contributed by atoms with Crippen molar-refractivity contribution in [1.29, 1.82) is 0 Å². The van der Waals surface area contributed by atoms with E-state index in [-0.39, 0.29) is 37.4 Å². The smallest absolute Gasteiger partial charge is 0.307 e. The molecule has 0 fully saturated rings. The van der Waals surface area contributed by atoms with Crippen molar-refractivity contribution in [3.05, 3.63) is 0 Å². The number of nitrogens with zero attached hydrogens (tertiary/aromatic N) is 1. The third-order valence-corrected chi connectivity index (χ3v) is 3.20. The summed E-state index contributed by atoms with van der Waals surface area (Å²) in [7, 11) is 1.33. The van der Waals surface area contributed by atoms with Crippen LogP contribution in [0.3, 0.4) is 0 Å². The predicted molar refractivity (Wildman–Crippen MR) is 75.2 cm³/mol. The molecule has 0 spiro atoms. The number of aliphatic hydroxyl groups is 1. The van der Waals surface area contributed by atoms with Crippen LogP contribution in [-0.2, 0) is 19.1 Å². The third-order valence-electron chi connectivity index (χ3n) is 3.20. The van der Waals surface area contributed by atoms with Gasteiger partial charge in [-0.15, -0.1) is 0 Å². The molecule has 118 valence electrons. The fourth-order valence-corrected chi connectivity index (χ4v) is 1.90. The summed E-state index contributed by atoms with van der Waals surface area (Å²) < 4.78 is 9.78. The maximum Gasteiger partial charge on any atom is 0.307 e. The van der Waals surface area contributed by atoms with Gasteiger partial charge in [-0.3, -0.25) is 9.59 Å². The molecule has 1 amide bonds. The minimum atomic E-state index is -0.330. The van der Waals surface area contributed by atoms with Crippen LogP contribution in [0, 0.1) is 5.92 Å². The van der Waals surface area contributed by atoms with E-state index in [1.807, 2.05) is 13.8 Å². The van der Waals surface area contributed by atoms with Crippen molar-refractivity contribution >= 4 is 11.9 Å². The number of hydrogen-bond donors (Lipinski definition) is 1. The lowest BCUT2D eigenvalue weighted by atomic mass is 10.0. The topological polar surface area (TPSA) is 76.1 Å². The zero-order chi connectivity index (χ0) is 15.4. The number of carbonyl (C=O) groups is 2.